The van der Waals surface area contributed by atoms with Crippen LogP contribution in [0.3, 0.4) is 0 Å². The molecular weight excluding hydrogens is 236 g/mol. The van der Waals surface area contributed by atoms with Crippen LogP contribution in [0.5, 0.6) is 0 Å². The van der Waals surface area contributed by atoms with Crippen molar-refractivity contribution in [3.05, 3.63) is 34.3 Å². The molecule has 2 nitrogen and oxygen atoms in total. The molecule has 0 radical (unpaired) electrons. The summed E-state index contributed by atoms with van der Waals surface area (Å²) in [6.45, 7) is 1.90. The number of hydrogen-bond donors (Lipinski definition) is 0. The van der Waals surface area contributed by atoms with Crippen LogP contribution in [0.4, 0.5) is 0 Å². The van der Waals surface area contributed by atoms with Crippen molar-refractivity contribution < 1.29 is 9.59 Å². The van der Waals surface area contributed by atoms with Crippen LogP contribution in [0.15, 0.2) is 18.2 Å². The Kier molecular flexibility index (Phi) is 3.63. The number of carbonyl (C=O) groups is 2. The van der Waals surface area contributed by atoms with Gasteiger partial charge in [-0.3, -0.25) is 9.59 Å². The Hall–Kier alpha value is -1.15. The molecule has 17 heavy (non-hydrogen) atoms. The van der Waals surface area contributed by atoms with Crippen molar-refractivity contribution in [2.24, 2.45) is 5.92 Å². The zero-order valence-corrected chi connectivity index (χ0v) is 10.6. The number of Topliss-reactive ketones (excluding diaryl/α,β-unsaturated/α-hetero) is 2. The maximum Gasteiger partial charge on any atom is 0.166 e. The molecule has 1 aromatic rings. The van der Waals surface area contributed by atoms with Crippen LogP contribution < -0.4 is 0 Å². The Morgan fingerprint density at radius 1 is 1.41 bits per heavy atom. The summed E-state index contributed by atoms with van der Waals surface area (Å²) in [5, 5.41) is 0.609. The van der Waals surface area contributed by atoms with Gasteiger partial charge in [0, 0.05) is 29.3 Å². The number of benzene rings is 1. The SMILES string of the molecule is Cc1ccc(C(=O)C2CCCC(=O)C2)cc1Cl. The van der Waals surface area contributed by atoms with Gasteiger partial charge in [-0.1, -0.05) is 23.7 Å². The Bertz CT molecular complexity index is 465. The molecule has 2 rings (SSSR count). The summed E-state index contributed by atoms with van der Waals surface area (Å²) in [6, 6.07) is 5.35. The Balaban J connectivity index is 2.18. The summed E-state index contributed by atoms with van der Waals surface area (Å²) < 4.78 is 0. The predicted molar refractivity (Wildman–Crippen MR) is 67.5 cm³/mol. The third-order valence-corrected chi connectivity index (χ3v) is 3.72. The molecule has 1 fully saturated rings. The lowest BCUT2D eigenvalue weighted by Crippen LogP contribution is -2.23. The van der Waals surface area contributed by atoms with Gasteiger partial charge in [-0.2, -0.15) is 0 Å². The molecule has 0 bridgehead atoms. The fourth-order valence-corrected chi connectivity index (χ4v) is 2.41. The lowest BCUT2D eigenvalue weighted by Gasteiger charge is -2.19. The molecule has 0 saturated heterocycles. The number of aryl methyl sites for hydroxylation is 1. The van der Waals surface area contributed by atoms with E-state index >= 15 is 0 Å². The van der Waals surface area contributed by atoms with E-state index in [4.69, 9.17) is 11.6 Å². The van der Waals surface area contributed by atoms with E-state index in [1.807, 2.05) is 13.0 Å². The smallest absolute Gasteiger partial charge is 0.166 e. The van der Waals surface area contributed by atoms with E-state index in [0.717, 1.165) is 18.4 Å². The van der Waals surface area contributed by atoms with Gasteiger partial charge in [-0.15, -0.1) is 0 Å². The molecule has 0 amide bonds. The van der Waals surface area contributed by atoms with Crippen molar-refractivity contribution in [3.63, 3.8) is 0 Å². The summed E-state index contributed by atoms with van der Waals surface area (Å²) in [4.78, 5) is 23.5. The van der Waals surface area contributed by atoms with E-state index < -0.39 is 0 Å². The molecule has 0 spiro atoms. The number of hydrogen-bond acceptors (Lipinski definition) is 2. The first-order valence-corrected chi connectivity index (χ1v) is 6.28. The molecule has 0 heterocycles. The molecule has 0 aromatic heterocycles. The summed E-state index contributed by atoms with van der Waals surface area (Å²) in [6.07, 6.45) is 2.66. The third-order valence-electron chi connectivity index (χ3n) is 3.31. The molecular formula is C14H15ClO2. The standard InChI is InChI=1S/C14H15ClO2/c1-9-5-6-11(8-13(9)15)14(17)10-3-2-4-12(16)7-10/h5-6,8,10H,2-4,7H2,1H3. The van der Waals surface area contributed by atoms with E-state index in [-0.39, 0.29) is 17.5 Å². The minimum atomic E-state index is -0.143. The Morgan fingerprint density at radius 2 is 2.18 bits per heavy atom. The molecule has 3 heteroatoms. The van der Waals surface area contributed by atoms with Crippen LogP contribution in [0.2, 0.25) is 5.02 Å². The second-order valence-corrected chi connectivity index (χ2v) is 5.07. The average molecular weight is 251 g/mol. The molecule has 1 saturated carbocycles. The summed E-state index contributed by atoms with van der Waals surface area (Å²) in [7, 11) is 0. The minimum absolute atomic E-state index is 0.0555. The van der Waals surface area contributed by atoms with E-state index in [9.17, 15) is 9.59 Å². The first-order chi connectivity index (χ1) is 8.08. The number of rotatable bonds is 2. The molecule has 1 atom stereocenters. The molecule has 0 N–H and O–H groups in total. The zero-order chi connectivity index (χ0) is 12.4. The van der Waals surface area contributed by atoms with Crippen LogP contribution in [-0.4, -0.2) is 11.6 Å². The third kappa shape index (κ3) is 2.75. The molecule has 1 aromatic carbocycles. The van der Waals surface area contributed by atoms with Gasteiger partial charge in [-0.25, -0.2) is 0 Å². The normalized spacial score (nSPS) is 20.4. The number of halogens is 1. The van der Waals surface area contributed by atoms with Crippen LogP contribution >= 0.6 is 11.6 Å². The second-order valence-electron chi connectivity index (χ2n) is 4.66. The maximum absolute atomic E-state index is 12.2. The quantitative estimate of drug-likeness (QED) is 0.752. The fraction of sp³-hybridized carbons (Fsp3) is 0.429. The first kappa shape index (κ1) is 12.3. The molecule has 90 valence electrons. The summed E-state index contributed by atoms with van der Waals surface area (Å²) >= 11 is 6.01. The van der Waals surface area contributed by atoms with E-state index in [0.29, 0.717) is 23.4 Å². The highest BCUT2D eigenvalue weighted by atomic mass is 35.5. The topological polar surface area (TPSA) is 34.1 Å². The van der Waals surface area contributed by atoms with E-state index in [1.54, 1.807) is 12.1 Å². The van der Waals surface area contributed by atoms with Gasteiger partial charge >= 0.3 is 0 Å². The average Bonchev–Trinajstić information content (AvgIpc) is 2.32. The summed E-state index contributed by atoms with van der Waals surface area (Å²) in [5.74, 6) is 0.114. The first-order valence-electron chi connectivity index (χ1n) is 5.90. The molecule has 0 aliphatic heterocycles. The van der Waals surface area contributed by atoms with Crippen molar-refractivity contribution in [3.8, 4) is 0 Å². The predicted octanol–water partition coefficient (Wildman–Crippen LogP) is 3.59. The van der Waals surface area contributed by atoms with Gasteiger partial charge in [0.1, 0.15) is 5.78 Å². The lowest BCUT2D eigenvalue weighted by molar-refractivity contribution is -0.121. The highest BCUT2D eigenvalue weighted by Gasteiger charge is 2.26. The van der Waals surface area contributed by atoms with Gasteiger partial charge in [0.25, 0.3) is 0 Å². The van der Waals surface area contributed by atoms with Crippen molar-refractivity contribution in [1.82, 2.24) is 0 Å². The largest absolute Gasteiger partial charge is 0.300 e. The van der Waals surface area contributed by atoms with Crippen LogP contribution in [0.25, 0.3) is 0 Å². The monoisotopic (exact) mass is 250 g/mol. The lowest BCUT2D eigenvalue weighted by atomic mass is 9.83. The number of ketones is 2. The van der Waals surface area contributed by atoms with Gasteiger partial charge in [0.2, 0.25) is 0 Å². The maximum atomic E-state index is 12.2. The fourth-order valence-electron chi connectivity index (χ4n) is 2.23. The zero-order valence-electron chi connectivity index (χ0n) is 9.83. The van der Waals surface area contributed by atoms with Crippen molar-refractivity contribution in [1.29, 1.82) is 0 Å². The van der Waals surface area contributed by atoms with Gasteiger partial charge in [-0.05, 0) is 31.4 Å². The highest BCUT2D eigenvalue weighted by molar-refractivity contribution is 6.31. The number of carbonyl (C=O) groups excluding carboxylic acids is 2. The van der Waals surface area contributed by atoms with Crippen LogP contribution in [-0.2, 0) is 4.79 Å². The van der Waals surface area contributed by atoms with Crippen molar-refractivity contribution in [2.45, 2.75) is 32.6 Å². The van der Waals surface area contributed by atoms with Crippen LogP contribution in [0, 0.1) is 12.8 Å². The van der Waals surface area contributed by atoms with E-state index in [2.05, 4.69) is 0 Å². The minimum Gasteiger partial charge on any atom is -0.300 e. The van der Waals surface area contributed by atoms with Gasteiger partial charge < -0.3 is 0 Å². The van der Waals surface area contributed by atoms with Crippen molar-refractivity contribution >= 4 is 23.2 Å². The van der Waals surface area contributed by atoms with Crippen LogP contribution in [0.1, 0.15) is 41.6 Å². The highest BCUT2D eigenvalue weighted by Crippen LogP contribution is 2.26. The summed E-state index contributed by atoms with van der Waals surface area (Å²) in [5.41, 5.74) is 1.59. The molecule has 1 aliphatic carbocycles. The van der Waals surface area contributed by atoms with Crippen molar-refractivity contribution in [2.75, 3.05) is 0 Å². The van der Waals surface area contributed by atoms with Gasteiger partial charge in [0.05, 0.1) is 0 Å². The Morgan fingerprint density at radius 3 is 2.82 bits per heavy atom. The molecule has 1 unspecified atom stereocenters. The van der Waals surface area contributed by atoms with E-state index in [1.165, 1.54) is 0 Å². The van der Waals surface area contributed by atoms with Gasteiger partial charge in [0.15, 0.2) is 5.78 Å². The second kappa shape index (κ2) is 5.01. The Labute approximate surface area is 106 Å². The molecule has 1 aliphatic rings.